The molecule has 2 rings (SSSR count). The predicted octanol–water partition coefficient (Wildman–Crippen LogP) is 3.17. The number of urea groups is 1. The summed E-state index contributed by atoms with van der Waals surface area (Å²) >= 11 is 0. The van der Waals surface area contributed by atoms with E-state index in [1.54, 1.807) is 31.2 Å². The van der Waals surface area contributed by atoms with Crippen LogP contribution in [0.2, 0.25) is 0 Å². The molecule has 0 bridgehead atoms. The van der Waals surface area contributed by atoms with Crippen LogP contribution in [-0.2, 0) is 17.9 Å². The van der Waals surface area contributed by atoms with Crippen molar-refractivity contribution in [3.05, 3.63) is 65.5 Å². The van der Waals surface area contributed by atoms with Gasteiger partial charge in [0, 0.05) is 25.2 Å². The lowest BCUT2D eigenvalue weighted by Crippen LogP contribution is -2.28. The summed E-state index contributed by atoms with van der Waals surface area (Å²) in [6.45, 7) is 2.57. The Morgan fingerprint density at radius 3 is 2.00 bits per heavy atom. The van der Waals surface area contributed by atoms with Gasteiger partial charge in [-0.1, -0.05) is 31.2 Å². The van der Waals surface area contributed by atoms with Crippen LogP contribution in [0, 0.1) is 5.82 Å². The van der Waals surface area contributed by atoms with E-state index in [4.69, 9.17) is 0 Å². The molecular weight excluding hydrogens is 309 g/mol. The second-order valence-electron chi connectivity index (χ2n) is 5.26. The zero-order chi connectivity index (χ0) is 17.4. The first-order valence-electron chi connectivity index (χ1n) is 7.71. The molecule has 5 nitrogen and oxygen atoms in total. The molecule has 0 aliphatic rings. The Hall–Kier alpha value is -2.89. The number of amides is 3. The Morgan fingerprint density at radius 2 is 1.42 bits per heavy atom. The summed E-state index contributed by atoms with van der Waals surface area (Å²) in [6, 6.07) is 12.8. The summed E-state index contributed by atoms with van der Waals surface area (Å²) in [4.78, 5) is 23.0. The lowest BCUT2D eigenvalue weighted by atomic mass is 10.2. The highest BCUT2D eigenvalue weighted by molar-refractivity contribution is 5.89. The van der Waals surface area contributed by atoms with Crippen molar-refractivity contribution in [1.82, 2.24) is 10.6 Å². The SMILES string of the molecule is CCC(=O)NCc1ccc(NC(=O)NCc2ccc(F)cc2)cc1. The van der Waals surface area contributed by atoms with Gasteiger partial charge >= 0.3 is 6.03 Å². The average Bonchev–Trinajstić information content (AvgIpc) is 2.60. The van der Waals surface area contributed by atoms with Crippen molar-refractivity contribution in [2.24, 2.45) is 0 Å². The smallest absolute Gasteiger partial charge is 0.319 e. The van der Waals surface area contributed by atoms with Crippen LogP contribution in [0.3, 0.4) is 0 Å². The van der Waals surface area contributed by atoms with Crippen LogP contribution in [-0.4, -0.2) is 11.9 Å². The second kappa shape index (κ2) is 8.67. The van der Waals surface area contributed by atoms with Crippen LogP contribution >= 0.6 is 0 Å². The quantitative estimate of drug-likeness (QED) is 0.762. The number of carbonyl (C=O) groups excluding carboxylic acids is 2. The van der Waals surface area contributed by atoms with E-state index < -0.39 is 0 Å². The zero-order valence-corrected chi connectivity index (χ0v) is 13.4. The number of halogens is 1. The molecular formula is C18H20FN3O2. The molecule has 0 fully saturated rings. The average molecular weight is 329 g/mol. The summed E-state index contributed by atoms with van der Waals surface area (Å²) in [5.41, 5.74) is 2.42. The fourth-order valence-electron chi connectivity index (χ4n) is 1.99. The number of carbonyl (C=O) groups is 2. The highest BCUT2D eigenvalue weighted by Crippen LogP contribution is 2.09. The van der Waals surface area contributed by atoms with E-state index in [9.17, 15) is 14.0 Å². The van der Waals surface area contributed by atoms with Crippen LogP contribution in [0.5, 0.6) is 0 Å². The normalized spacial score (nSPS) is 10.1. The van der Waals surface area contributed by atoms with Gasteiger partial charge in [0.05, 0.1) is 0 Å². The first kappa shape index (κ1) is 17.5. The third-order valence-electron chi connectivity index (χ3n) is 3.39. The summed E-state index contributed by atoms with van der Waals surface area (Å²) in [5.74, 6) is -0.309. The van der Waals surface area contributed by atoms with E-state index in [1.807, 2.05) is 12.1 Å². The molecule has 3 N–H and O–H groups in total. The maximum atomic E-state index is 12.8. The molecule has 0 saturated heterocycles. The molecule has 0 radical (unpaired) electrons. The van der Waals surface area contributed by atoms with E-state index in [0.717, 1.165) is 11.1 Å². The van der Waals surface area contributed by atoms with Crippen molar-refractivity contribution in [1.29, 1.82) is 0 Å². The number of nitrogens with one attached hydrogen (secondary N) is 3. The molecule has 0 atom stereocenters. The minimum absolute atomic E-state index is 0.00243. The molecule has 126 valence electrons. The summed E-state index contributed by atoms with van der Waals surface area (Å²) in [5, 5.41) is 8.20. The first-order chi connectivity index (χ1) is 11.6. The van der Waals surface area contributed by atoms with Gasteiger partial charge in [0.25, 0.3) is 0 Å². The molecule has 0 unspecified atom stereocenters. The molecule has 0 aromatic heterocycles. The van der Waals surface area contributed by atoms with Gasteiger partial charge in [0.15, 0.2) is 0 Å². The van der Waals surface area contributed by atoms with Crippen molar-refractivity contribution in [2.45, 2.75) is 26.4 Å². The van der Waals surface area contributed by atoms with Crippen LogP contribution in [0.25, 0.3) is 0 Å². The largest absolute Gasteiger partial charge is 0.352 e. The Bertz CT molecular complexity index is 684. The number of benzene rings is 2. The van der Waals surface area contributed by atoms with E-state index in [2.05, 4.69) is 16.0 Å². The van der Waals surface area contributed by atoms with Gasteiger partial charge in [0.2, 0.25) is 5.91 Å². The van der Waals surface area contributed by atoms with E-state index in [-0.39, 0.29) is 17.8 Å². The number of rotatable bonds is 6. The number of anilines is 1. The van der Waals surface area contributed by atoms with Crippen molar-refractivity contribution < 1.29 is 14.0 Å². The minimum atomic E-state index is -0.341. The third kappa shape index (κ3) is 5.72. The van der Waals surface area contributed by atoms with Crippen molar-refractivity contribution in [3.63, 3.8) is 0 Å². The highest BCUT2D eigenvalue weighted by atomic mass is 19.1. The Balaban J connectivity index is 1.79. The summed E-state index contributed by atoms with van der Waals surface area (Å²) < 4.78 is 12.8. The van der Waals surface area contributed by atoms with Crippen molar-refractivity contribution >= 4 is 17.6 Å². The lowest BCUT2D eigenvalue weighted by molar-refractivity contribution is -0.120. The molecule has 2 aromatic carbocycles. The van der Waals surface area contributed by atoms with E-state index in [1.165, 1.54) is 12.1 Å². The van der Waals surface area contributed by atoms with Gasteiger partial charge in [-0.3, -0.25) is 4.79 Å². The standard InChI is InChI=1S/C18H20FN3O2/c1-2-17(23)20-11-14-5-9-16(10-6-14)22-18(24)21-12-13-3-7-15(19)8-4-13/h3-10H,2,11-12H2,1H3,(H,20,23)(H2,21,22,24). The molecule has 3 amide bonds. The van der Waals surface area contributed by atoms with Gasteiger partial charge in [-0.25, -0.2) is 9.18 Å². The van der Waals surface area contributed by atoms with E-state index in [0.29, 0.717) is 25.2 Å². The number of hydrogen-bond donors (Lipinski definition) is 3. The Morgan fingerprint density at radius 1 is 0.875 bits per heavy atom. The maximum Gasteiger partial charge on any atom is 0.319 e. The second-order valence-corrected chi connectivity index (χ2v) is 5.26. The molecule has 0 heterocycles. The summed E-state index contributed by atoms with van der Waals surface area (Å²) in [6.07, 6.45) is 0.452. The molecule has 6 heteroatoms. The molecule has 0 saturated carbocycles. The fourth-order valence-corrected chi connectivity index (χ4v) is 1.99. The van der Waals surface area contributed by atoms with Gasteiger partial charge in [-0.15, -0.1) is 0 Å². The third-order valence-corrected chi connectivity index (χ3v) is 3.39. The fraction of sp³-hybridized carbons (Fsp3) is 0.222. The predicted molar refractivity (Wildman–Crippen MR) is 90.8 cm³/mol. The Labute approximate surface area is 140 Å². The lowest BCUT2D eigenvalue weighted by Gasteiger charge is -2.09. The van der Waals surface area contributed by atoms with Crippen LogP contribution in [0.4, 0.5) is 14.9 Å². The van der Waals surface area contributed by atoms with Gasteiger partial charge in [0.1, 0.15) is 5.82 Å². The molecule has 2 aromatic rings. The van der Waals surface area contributed by atoms with Crippen molar-refractivity contribution in [2.75, 3.05) is 5.32 Å². The molecule has 0 aliphatic heterocycles. The molecule has 0 spiro atoms. The van der Waals surface area contributed by atoms with Gasteiger partial charge < -0.3 is 16.0 Å². The number of hydrogen-bond acceptors (Lipinski definition) is 2. The van der Waals surface area contributed by atoms with Crippen LogP contribution < -0.4 is 16.0 Å². The minimum Gasteiger partial charge on any atom is -0.352 e. The van der Waals surface area contributed by atoms with Crippen LogP contribution in [0.1, 0.15) is 24.5 Å². The van der Waals surface area contributed by atoms with Gasteiger partial charge in [-0.05, 0) is 35.4 Å². The summed E-state index contributed by atoms with van der Waals surface area (Å²) in [7, 11) is 0. The topological polar surface area (TPSA) is 70.2 Å². The zero-order valence-electron chi connectivity index (χ0n) is 13.4. The van der Waals surface area contributed by atoms with E-state index >= 15 is 0 Å². The maximum absolute atomic E-state index is 12.8. The highest BCUT2D eigenvalue weighted by Gasteiger charge is 2.03. The Kier molecular flexibility index (Phi) is 6.31. The van der Waals surface area contributed by atoms with Crippen molar-refractivity contribution in [3.8, 4) is 0 Å². The molecule has 0 aliphatic carbocycles. The van der Waals surface area contributed by atoms with Gasteiger partial charge in [-0.2, -0.15) is 0 Å². The first-order valence-corrected chi connectivity index (χ1v) is 7.71. The van der Waals surface area contributed by atoms with Crippen LogP contribution in [0.15, 0.2) is 48.5 Å². The molecule has 24 heavy (non-hydrogen) atoms. The monoisotopic (exact) mass is 329 g/mol.